The smallest absolute Gasteiger partial charge is 0.243 e. The third-order valence-electron chi connectivity index (χ3n) is 9.34. The highest BCUT2D eigenvalue weighted by molar-refractivity contribution is 5.97. The molecule has 0 heterocycles. The summed E-state index contributed by atoms with van der Waals surface area (Å²) >= 11 is 0. The molecule has 0 bridgehead atoms. The molecule has 0 saturated heterocycles. The highest BCUT2D eigenvalue weighted by atomic mass is 16.3. The molecule has 0 fully saturated rings. The van der Waals surface area contributed by atoms with E-state index < -0.39 is 89.6 Å². The van der Waals surface area contributed by atoms with Gasteiger partial charge in [0, 0.05) is 12.8 Å². The molecule has 17 heteroatoms. The van der Waals surface area contributed by atoms with Gasteiger partial charge in [-0.05, 0) is 62.3 Å². The van der Waals surface area contributed by atoms with Crippen LogP contribution < -0.4 is 43.0 Å². The van der Waals surface area contributed by atoms with Gasteiger partial charge in [-0.3, -0.25) is 33.6 Å². The van der Waals surface area contributed by atoms with Gasteiger partial charge in [-0.15, -0.1) is 0 Å². The molecule has 0 unspecified atom stereocenters. The molecule has 8 atom stereocenters. The lowest BCUT2D eigenvalue weighted by atomic mass is 9.96. The van der Waals surface area contributed by atoms with E-state index in [9.17, 15) is 43.5 Å². The summed E-state index contributed by atoms with van der Waals surface area (Å²) in [6.45, 7) is 11.4. The molecule has 58 heavy (non-hydrogen) atoms. The Labute approximate surface area is 339 Å². The first-order valence-corrected chi connectivity index (χ1v) is 19.5. The van der Waals surface area contributed by atoms with Crippen LogP contribution in [0.4, 0.5) is 0 Å². The Morgan fingerprint density at radius 3 is 1.60 bits per heavy atom. The van der Waals surface area contributed by atoms with Gasteiger partial charge >= 0.3 is 0 Å². The Morgan fingerprint density at radius 1 is 0.603 bits per heavy atom. The molecule has 0 aliphatic heterocycles. The summed E-state index contributed by atoms with van der Waals surface area (Å²) in [6.07, 6.45) is 1.06. The second-order valence-corrected chi connectivity index (χ2v) is 14.9. The van der Waals surface area contributed by atoms with Crippen molar-refractivity contribution in [3.63, 3.8) is 0 Å². The van der Waals surface area contributed by atoms with Gasteiger partial charge in [-0.2, -0.15) is 0 Å². The van der Waals surface area contributed by atoms with Crippen molar-refractivity contribution in [2.24, 2.45) is 17.6 Å². The average Bonchev–Trinajstić information content (AvgIpc) is 3.18. The number of nitrogens with one attached hydrogen (secondary N) is 7. The van der Waals surface area contributed by atoms with Gasteiger partial charge in [0.15, 0.2) is 0 Å². The number of carbonyl (C=O) groups excluding carboxylic acids is 8. The van der Waals surface area contributed by atoms with E-state index in [-0.39, 0.29) is 37.5 Å². The Hall–Kier alpha value is -5.84. The van der Waals surface area contributed by atoms with Gasteiger partial charge in [0.05, 0.1) is 12.6 Å². The Kier molecular flexibility index (Phi) is 20.0. The summed E-state index contributed by atoms with van der Waals surface area (Å²) in [7, 11) is 0. The van der Waals surface area contributed by atoms with E-state index in [0.717, 1.165) is 0 Å². The molecular formula is C41H60N8O9. The predicted octanol–water partition coefficient (Wildman–Crippen LogP) is -0.119. The van der Waals surface area contributed by atoms with Crippen molar-refractivity contribution in [3.05, 3.63) is 65.7 Å². The first-order chi connectivity index (χ1) is 27.4. The number of rotatable bonds is 23. The molecule has 0 spiro atoms. The van der Waals surface area contributed by atoms with Crippen molar-refractivity contribution in [3.8, 4) is 5.75 Å². The number of phenols is 1. The van der Waals surface area contributed by atoms with Gasteiger partial charge in [0.2, 0.25) is 41.4 Å². The van der Waals surface area contributed by atoms with E-state index in [4.69, 9.17) is 5.73 Å². The van der Waals surface area contributed by atoms with Crippen molar-refractivity contribution in [2.45, 2.75) is 116 Å². The fourth-order valence-corrected chi connectivity index (χ4v) is 5.71. The van der Waals surface area contributed by atoms with Crippen molar-refractivity contribution in [1.82, 2.24) is 37.2 Å². The second kappa shape index (κ2) is 24.0. The minimum absolute atomic E-state index is 0.00355. The molecule has 2 aromatic carbocycles. The molecule has 0 aliphatic rings. The summed E-state index contributed by atoms with van der Waals surface area (Å²) in [6, 6.07) is 7.09. The molecular weight excluding hydrogens is 748 g/mol. The van der Waals surface area contributed by atoms with E-state index in [1.54, 1.807) is 49.4 Å². The van der Waals surface area contributed by atoms with Crippen LogP contribution in [0.3, 0.4) is 0 Å². The number of carbonyl (C=O) groups is 8. The van der Waals surface area contributed by atoms with E-state index in [2.05, 4.69) is 37.2 Å². The van der Waals surface area contributed by atoms with E-state index in [1.807, 2.05) is 20.8 Å². The topological polar surface area (TPSA) is 267 Å². The quantitative estimate of drug-likeness (QED) is 0.0672. The van der Waals surface area contributed by atoms with Gasteiger partial charge in [0.25, 0.3) is 0 Å². The van der Waals surface area contributed by atoms with Crippen molar-refractivity contribution < 1.29 is 43.5 Å². The number of benzene rings is 2. The fourth-order valence-electron chi connectivity index (χ4n) is 5.71. The van der Waals surface area contributed by atoms with Crippen LogP contribution >= 0.6 is 0 Å². The summed E-state index contributed by atoms with van der Waals surface area (Å²) in [5.74, 6) is -5.13. The SMILES string of the molecule is CC[C@H](C)[C@H](NC(=O)[C@H](C)NC(=O)[C@H](C)N)C(=O)N[C@@H](Cc1ccccc1)C(=O)N[C@@H](Cc1ccc(O)cc1)C(=O)N[C@@H](CC(C)C)C(=O)N[C@@H](C)C(=O)NCC=O. The van der Waals surface area contributed by atoms with Crippen LogP contribution in [0.5, 0.6) is 5.75 Å². The van der Waals surface area contributed by atoms with Crippen molar-refractivity contribution >= 4 is 47.6 Å². The fraction of sp³-hybridized carbons (Fsp3) is 0.512. The Morgan fingerprint density at radius 2 is 1.09 bits per heavy atom. The Bertz CT molecular complexity index is 1700. The average molecular weight is 809 g/mol. The molecule has 0 radical (unpaired) electrons. The number of phenolic OH excluding ortho intramolecular Hbond substituents is 1. The zero-order valence-corrected chi connectivity index (χ0v) is 34.3. The van der Waals surface area contributed by atoms with Crippen LogP contribution in [0.25, 0.3) is 0 Å². The van der Waals surface area contributed by atoms with Crippen LogP contribution in [-0.4, -0.2) is 102 Å². The highest BCUT2D eigenvalue weighted by Gasteiger charge is 2.34. The van der Waals surface area contributed by atoms with Crippen LogP contribution in [0.2, 0.25) is 0 Å². The monoisotopic (exact) mass is 808 g/mol. The van der Waals surface area contributed by atoms with Gasteiger partial charge in [-0.1, -0.05) is 76.6 Å². The van der Waals surface area contributed by atoms with Gasteiger partial charge in [-0.25, -0.2) is 0 Å². The van der Waals surface area contributed by atoms with Crippen LogP contribution in [-0.2, 0) is 51.2 Å². The van der Waals surface area contributed by atoms with Crippen LogP contribution in [0.1, 0.15) is 72.4 Å². The lowest BCUT2D eigenvalue weighted by molar-refractivity contribution is -0.136. The molecule has 0 aromatic heterocycles. The van der Waals surface area contributed by atoms with E-state index in [1.165, 1.54) is 32.9 Å². The molecule has 7 amide bonds. The number of nitrogens with two attached hydrogens (primary N) is 1. The molecule has 318 valence electrons. The maximum Gasteiger partial charge on any atom is 0.243 e. The first-order valence-electron chi connectivity index (χ1n) is 19.5. The molecule has 2 aromatic rings. The number of aldehydes is 1. The molecule has 0 aliphatic carbocycles. The summed E-state index contributed by atoms with van der Waals surface area (Å²) in [5.41, 5.74) is 6.86. The standard InChI is InChI=1S/C41H60N8O9/c1-8-24(4)34(49-37(54)27(7)44-35(52)25(5)42)41(58)48-33(21-28-12-10-9-11-13-28)40(57)47-32(22-29-14-16-30(51)17-15-29)39(56)46-31(20-23(2)3)38(55)45-26(6)36(53)43-18-19-50/h9-17,19,23-27,31-34,51H,8,18,20-22,42H2,1-7H3,(H,43,53)(H,44,52)(H,45,55)(H,46,56)(H,47,57)(H,48,58)(H,49,54)/t24-,25-,26-,27-,31-,32-,33-,34-/m0/s1. The Balaban J connectivity index is 2.46. The summed E-state index contributed by atoms with van der Waals surface area (Å²) in [4.78, 5) is 104. The maximum atomic E-state index is 14.3. The third-order valence-corrected chi connectivity index (χ3v) is 9.34. The van der Waals surface area contributed by atoms with Crippen molar-refractivity contribution in [1.29, 1.82) is 0 Å². The predicted molar refractivity (Wildman–Crippen MR) is 217 cm³/mol. The molecule has 17 nitrogen and oxygen atoms in total. The van der Waals surface area contributed by atoms with Crippen LogP contribution in [0.15, 0.2) is 54.6 Å². The molecule has 10 N–H and O–H groups in total. The van der Waals surface area contributed by atoms with Crippen molar-refractivity contribution in [2.75, 3.05) is 6.54 Å². The highest BCUT2D eigenvalue weighted by Crippen LogP contribution is 2.14. The maximum absolute atomic E-state index is 14.3. The zero-order valence-electron chi connectivity index (χ0n) is 34.3. The first kappa shape index (κ1) is 48.3. The second-order valence-electron chi connectivity index (χ2n) is 14.9. The number of hydrogen-bond acceptors (Lipinski definition) is 10. The number of aromatic hydroxyl groups is 1. The minimum Gasteiger partial charge on any atom is -0.508 e. The van der Waals surface area contributed by atoms with Gasteiger partial charge in [0.1, 0.15) is 48.3 Å². The summed E-state index contributed by atoms with van der Waals surface area (Å²) in [5, 5.41) is 28.2. The lowest BCUT2D eigenvalue weighted by Crippen LogP contribution is -2.61. The third kappa shape index (κ3) is 16.3. The van der Waals surface area contributed by atoms with Crippen LogP contribution in [0, 0.1) is 11.8 Å². The molecule has 0 saturated carbocycles. The number of amides is 7. The summed E-state index contributed by atoms with van der Waals surface area (Å²) < 4.78 is 0. The van der Waals surface area contributed by atoms with Gasteiger partial charge < -0.3 is 52.9 Å². The molecule has 2 rings (SSSR count). The normalized spacial score (nSPS) is 15.1. The zero-order chi connectivity index (χ0) is 43.5. The minimum atomic E-state index is -1.30. The lowest BCUT2D eigenvalue weighted by Gasteiger charge is -2.29. The number of hydrogen-bond donors (Lipinski definition) is 9. The largest absolute Gasteiger partial charge is 0.508 e. The van der Waals surface area contributed by atoms with E-state index >= 15 is 0 Å². The van der Waals surface area contributed by atoms with E-state index in [0.29, 0.717) is 23.8 Å².